The van der Waals surface area contributed by atoms with E-state index in [-0.39, 0.29) is 29.9 Å². The number of ketones is 1. The molecule has 1 aliphatic heterocycles. The second-order valence-electron chi connectivity index (χ2n) is 8.44. The van der Waals surface area contributed by atoms with Gasteiger partial charge < -0.3 is 19.5 Å². The Bertz CT molecular complexity index is 1010. The first-order valence-corrected chi connectivity index (χ1v) is 10.1. The zero-order chi connectivity index (χ0) is 22.8. The average molecular weight is 424 g/mol. The molecular formula is C24H28N2O5. The molecule has 3 rings (SSSR count). The highest BCUT2D eigenvalue weighted by Crippen LogP contribution is 2.40. The minimum absolute atomic E-state index is 0.0409. The van der Waals surface area contributed by atoms with Gasteiger partial charge in [0.15, 0.2) is 0 Å². The Balaban J connectivity index is 2.19. The molecule has 1 aromatic heterocycles. The van der Waals surface area contributed by atoms with Gasteiger partial charge in [-0.05, 0) is 35.2 Å². The van der Waals surface area contributed by atoms with Gasteiger partial charge >= 0.3 is 0 Å². The van der Waals surface area contributed by atoms with E-state index in [4.69, 9.17) is 9.47 Å². The van der Waals surface area contributed by atoms with Gasteiger partial charge in [-0.3, -0.25) is 14.6 Å². The molecule has 2 heterocycles. The third kappa shape index (κ3) is 4.32. The number of likely N-dealkylation sites (tertiary alicyclic amines) is 1. The third-order valence-electron chi connectivity index (χ3n) is 5.36. The molecule has 1 saturated heterocycles. The van der Waals surface area contributed by atoms with E-state index in [0.717, 1.165) is 5.56 Å². The van der Waals surface area contributed by atoms with Gasteiger partial charge in [0.1, 0.15) is 11.5 Å². The van der Waals surface area contributed by atoms with Crippen molar-refractivity contribution in [3.63, 3.8) is 0 Å². The highest BCUT2D eigenvalue weighted by molar-refractivity contribution is 6.46. The van der Waals surface area contributed by atoms with Crippen molar-refractivity contribution in [2.45, 2.75) is 32.2 Å². The van der Waals surface area contributed by atoms with Gasteiger partial charge in [0.2, 0.25) is 0 Å². The first-order chi connectivity index (χ1) is 14.7. The van der Waals surface area contributed by atoms with Crippen LogP contribution in [0.4, 0.5) is 0 Å². The summed E-state index contributed by atoms with van der Waals surface area (Å²) in [7, 11) is 3.12. The van der Waals surface area contributed by atoms with Crippen molar-refractivity contribution >= 4 is 17.4 Å². The molecule has 31 heavy (non-hydrogen) atoms. The van der Waals surface area contributed by atoms with E-state index < -0.39 is 17.7 Å². The van der Waals surface area contributed by atoms with E-state index in [1.165, 1.54) is 12.0 Å². The molecule has 1 amide bonds. The third-order valence-corrected chi connectivity index (χ3v) is 5.36. The summed E-state index contributed by atoms with van der Waals surface area (Å²) in [6.45, 7) is 6.59. The van der Waals surface area contributed by atoms with Crippen LogP contribution in [-0.2, 0) is 19.7 Å². The molecule has 7 nitrogen and oxygen atoms in total. The Morgan fingerprint density at radius 2 is 1.94 bits per heavy atom. The van der Waals surface area contributed by atoms with Gasteiger partial charge in [-0.15, -0.1) is 0 Å². The van der Waals surface area contributed by atoms with Crippen molar-refractivity contribution in [2.75, 3.05) is 27.4 Å². The number of hydrogen-bond donors (Lipinski definition) is 1. The first kappa shape index (κ1) is 22.5. The number of carbonyl (C=O) groups is 2. The SMILES string of the molecule is COCCN1C(=O)C(=O)/C(=C(\O)c2ccc(OC)c(C(C)(C)C)c2)C1c1cccnc1. The van der Waals surface area contributed by atoms with Crippen molar-refractivity contribution in [3.05, 3.63) is 65.0 Å². The molecule has 0 bridgehead atoms. The number of carbonyl (C=O) groups excluding carboxylic acids is 2. The number of nitrogens with zero attached hydrogens (tertiary/aromatic N) is 2. The second kappa shape index (κ2) is 8.89. The number of rotatable bonds is 6. The van der Waals surface area contributed by atoms with Crippen molar-refractivity contribution in [3.8, 4) is 5.75 Å². The van der Waals surface area contributed by atoms with Crippen molar-refractivity contribution in [1.82, 2.24) is 9.88 Å². The Labute approximate surface area is 182 Å². The first-order valence-electron chi connectivity index (χ1n) is 10.1. The van der Waals surface area contributed by atoms with E-state index in [2.05, 4.69) is 4.98 Å². The van der Waals surface area contributed by atoms with Crippen LogP contribution in [0.5, 0.6) is 5.75 Å². The predicted octanol–water partition coefficient (Wildman–Crippen LogP) is 3.46. The number of methoxy groups -OCH3 is 2. The molecule has 0 radical (unpaired) electrons. The van der Waals surface area contributed by atoms with Crippen molar-refractivity contribution in [1.29, 1.82) is 0 Å². The van der Waals surface area contributed by atoms with Gasteiger partial charge in [-0.1, -0.05) is 26.8 Å². The lowest BCUT2D eigenvalue weighted by Crippen LogP contribution is -2.32. The van der Waals surface area contributed by atoms with Crippen LogP contribution in [0.3, 0.4) is 0 Å². The maximum Gasteiger partial charge on any atom is 0.295 e. The molecule has 1 fully saturated rings. The monoisotopic (exact) mass is 424 g/mol. The lowest BCUT2D eigenvalue weighted by atomic mass is 9.84. The maximum absolute atomic E-state index is 13.0. The number of aromatic nitrogens is 1. The van der Waals surface area contributed by atoms with Crippen LogP contribution < -0.4 is 4.74 Å². The highest BCUT2D eigenvalue weighted by atomic mass is 16.5. The fraction of sp³-hybridized carbons (Fsp3) is 0.375. The largest absolute Gasteiger partial charge is 0.507 e. The van der Waals surface area contributed by atoms with Crippen LogP contribution in [0.1, 0.15) is 43.5 Å². The average Bonchev–Trinajstić information content (AvgIpc) is 3.01. The van der Waals surface area contributed by atoms with Crippen LogP contribution in [0.2, 0.25) is 0 Å². The van der Waals surface area contributed by atoms with Crippen LogP contribution >= 0.6 is 0 Å². The summed E-state index contributed by atoms with van der Waals surface area (Å²) >= 11 is 0. The number of aliphatic hydroxyl groups is 1. The number of pyridine rings is 1. The number of ether oxygens (including phenoxy) is 2. The standard InChI is InChI=1S/C24H28N2O5/c1-24(2,3)17-13-15(8-9-18(17)31-5)21(27)19-20(16-7-6-10-25-14-16)26(11-12-30-4)23(29)22(19)28/h6-10,13-14,20,27H,11-12H2,1-5H3/b21-19-. The number of hydrogen-bond acceptors (Lipinski definition) is 6. The molecule has 0 saturated carbocycles. The van der Waals surface area contributed by atoms with Crippen LogP contribution in [0, 0.1) is 0 Å². The zero-order valence-corrected chi connectivity index (χ0v) is 18.5. The molecule has 164 valence electrons. The molecule has 1 unspecified atom stereocenters. The van der Waals surface area contributed by atoms with Crippen LogP contribution in [-0.4, -0.2) is 54.1 Å². The molecule has 7 heteroatoms. The van der Waals surface area contributed by atoms with Crippen molar-refractivity contribution < 1.29 is 24.2 Å². The molecular weight excluding hydrogens is 396 g/mol. The molecule has 1 atom stereocenters. The fourth-order valence-corrected chi connectivity index (χ4v) is 3.78. The fourth-order valence-electron chi connectivity index (χ4n) is 3.78. The smallest absolute Gasteiger partial charge is 0.295 e. The Morgan fingerprint density at radius 3 is 2.52 bits per heavy atom. The Morgan fingerprint density at radius 1 is 1.19 bits per heavy atom. The topological polar surface area (TPSA) is 89.0 Å². The van der Waals surface area contributed by atoms with Gasteiger partial charge in [0.25, 0.3) is 11.7 Å². The minimum Gasteiger partial charge on any atom is -0.507 e. The molecule has 1 N–H and O–H groups in total. The summed E-state index contributed by atoms with van der Waals surface area (Å²) < 4.78 is 10.6. The Hall–Kier alpha value is -3.19. The molecule has 0 aliphatic carbocycles. The summed E-state index contributed by atoms with van der Waals surface area (Å²) in [6, 6.07) is 8.02. The predicted molar refractivity (Wildman–Crippen MR) is 117 cm³/mol. The number of amides is 1. The zero-order valence-electron chi connectivity index (χ0n) is 18.5. The highest BCUT2D eigenvalue weighted by Gasteiger charge is 2.46. The number of Topliss-reactive ketones (excluding diaryl/α,β-unsaturated/α-hetero) is 1. The summed E-state index contributed by atoms with van der Waals surface area (Å²) in [5.41, 5.74) is 1.76. The summed E-state index contributed by atoms with van der Waals surface area (Å²) in [4.78, 5) is 31.3. The summed E-state index contributed by atoms with van der Waals surface area (Å²) in [5.74, 6) is -0.929. The molecule has 2 aromatic rings. The van der Waals surface area contributed by atoms with Gasteiger partial charge in [0, 0.05) is 37.2 Å². The second-order valence-corrected chi connectivity index (χ2v) is 8.44. The quantitative estimate of drug-likeness (QED) is 0.434. The Kier molecular flexibility index (Phi) is 6.45. The van der Waals surface area contributed by atoms with Gasteiger partial charge in [-0.25, -0.2) is 0 Å². The van der Waals surface area contributed by atoms with Gasteiger partial charge in [0.05, 0.1) is 25.3 Å². The van der Waals surface area contributed by atoms with Crippen LogP contribution in [0.25, 0.3) is 5.76 Å². The van der Waals surface area contributed by atoms with E-state index in [9.17, 15) is 14.7 Å². The maximum atomic E-state index is 13.0. The summed E-state index contributed by atoms with van der Waals surface area (Å²) in [5, 5.41) is 11.2. The molecule has 1 aromatic carbocycles. The molecule has 1 aliphatic rings. The number of aliphatic hydroxyl groups excluding tert-OH is 1. The van der Waals surface area contributed by atoms with E-state index >= 15 is 0 Å². The minimum atomic E-state index is -0.746. The van der Waals surface area contributed by atoms with Crippen LogP contribution in [0.15, 0.2) is 48.3 Å². The summed E-state index contributed by atoms with van der Waals surface area (Å²) in [6.07, 6.45) is 3.21. The van der Waals surface area contributed by atoms with E-state index in [1.807, 2.05) is 20.8 Å². The number of benzene rings is 1. The van der Waals surface area contributed by atoms with E-state index in [0.29, 0.717) is 16.9 Å². The lowest BCUT2D eigenvalue weighted by molar-refractivity contribution is -0.140. The van der Waals surface area contributed by atoms with E-state index in [1.54, 1.807) is 49.8 Å². The molecule has 0 spiro atoms. The lowest BCUT2D eigenvalue weighted by Gasteiger charge is -2.25. The van der Waals surface area contributed by atoms with Gasteiger partial charge in [-0.2, -0.15) is 0 Å². The normalized spacial score (nSPS) is 18.5. The van der Waals surface area contributed by atoms with Crippen molar-refractivity contribution in [2.24, 2.45) is 0 Å².